The average molecular weight is 423 g/mol. The summed E-state index contributed by atoms with van der Waals surface area (Å²) in [6, 6.07) is 8.71. The van der Waals surface area contributed by atoms with E-state index < -0.39 is 0 Å². The van der Waals surface area contributed by atoms with E-state index >= 15 is 0 Å². The summed E-state index contributed by atoms with van der Waals surface area (Å²) in [4.78, 5) is 32.2. The van der Waals surface area contributed by atoms with Crippen LogP contribution in [0.25, 0.3) is 10.2 Å². The molecule has 146 valence electrons. The van der Waals surface area contributed by atoms with Gasteiger partial charge in [-0.2, -0.15) is 5.26 Å². The average Bonchev–Trinajstić information content (AvgIpc) is 3.30. The number of thioether (sulfide) groups is 1. The first-order chi connectivity index (χ1) is 14.1. The Hall–Kier alpha value is -2.89. The number of aryl methyl sites for hydroxylation is 2. The van der Waals surface area contributed by atoms with Crippen LogP contribution >= 0.6 is 23.1 Å². The molecule has 3 aromatic rings. The fourth-order valence-electron chi connectivity index (χ4n) is 3.41. The van der Waals surface area contributed by atoms with Crippen LogP contribution in [0.15, 0.2) is 46.9 Å². The zero-order valence-electron chi connectivity index (χ0n) is 15.6. The summed E-state index contributed by atoms with van der Waals surface area (Å²) in [7, 11) is 0. The van der Waals surface area contributed by atoms with Crippen LogP contribution in [0.1, 0.15) is 22.4 Å². The van der Waals surface area contributed by atoms with E-state index in [4.69, 9.17) is 10.2 Å². The zero-order chi connectivity index (χ0) is 20.4. The van der Waals surface area contributed by atoms with Crippen molar-refractivity contribution in [1.29, 1.82) is 5.26 Å². The first-order valence-corrected chi connectivity index (χ1v) is 11.0. The minimum Gasteiger partial charge on any atom is -0.325 e. The van der Waals surface area contributed by atoms with E-state index in [-0.39, 0.29) is 17.2 Å². The van der Waals surface area contributed by atoms with Crippen LogP contribution in [0.3, 0.4) is 0 Å². The fraction of sp³-hybridized carbons (Fsp3) is 0.238. The number of rotatable bonds is 6. The third-order valence-corrected chi connectivity index (χ3v) is 6.89. The number of fused-ring (bicyclic) bond motifs is 3. The van der Waals surface area contributed by atoms with Crippen LogP contribution in [-0.2, 0) is 24.2 Å². The molecule has 1 aliphatic carbocycles. The van der Waals surface area contributed by atoms with Crippen LogP contribution in [-0.4, -0.2) is 21.2 Å². The summed E-state index contributed by atoms with van der Waals surface area (Å²) < 4.78 is 1.60. The Bertz CT molecular complexity index is 1200. The molecular formula is C21H18N4O2S2. The molecule has 2 aromatic heterocycles. The lowest BCUT2D eigenvalue weighted by Crippen LogP contribution is -2.23. The summed E-state index contributed by atoms with van der Waals surface area (Å²) in [6.45, 7) is 4.10. The lowest BCUT2D eigenvalue weighted by Gasteiger charge is -2.11. The Balaban J connectivity index is 1.56. The van der Waals surface area contributed by atoms with Crippen LogP contribution < -0.4 is 10.9 Å². The Morgan fingerprint density at radius 2 is 2.17 bits per heavy atom. The van der Waals surface area contributed by atoms with E-state index in [0.717, 1.165) is 35.0 Å². The molecule has 6 nitrogen and oxygen atoms in total. The largest absolute Gasteiger partial charge is 0.325 e. The molecule has 2 heterocycles. The number of amides is 1. The molecule has 8 heteroatoms. The van der Waals surface area contributed by atoms with Crippen molar-refractivity contribution >= 4 is 44.9 Å². The van der Waals surface area contributed by atoms with Gasteiger partial charge in [-0.1, -0.05) is 17.8 Å². The number of nitriles is 1. The molecule has 0 radical (unpaired) electrons. The molecule has 4 rings (SSSR count). The van der Waals surface area contributed by atoms with Crippen molar-refractivity contribution in [2.24, 2.45) is 0 Å². The van der Waals surface area contributed by atoms with E-state index in [1.165, 1.54) is 16.6 Å². The van der Waals surface area contributed by atoms with Gasteiger partial charge in [0, 0.05) is 17.1 Å². The first-order valence-electron chi connectivity index (χ1n) is 9.19. The standard InChI is InChI=1S/C21H18N4O2S2/c1-2-10-25-20(27)18-15-4-3-5-16(15)29-19(18)24-21(25)28-12-17(26)23-14-8-6-13(11-22)7-9-14/h2,6-9H,1,3-5,10,12H2,(H,23,26). The molecule has 1 N–H and O–H groups in total. The summed E-state index contributed by atoms with van der Waals surface area (Å²) in [5, 5.41) is 12.9. The molecule has 0 aliphatic heterocycles. The fourth-order valence-corrected chi connectivity index (χ4v) is 5.52. The van der Waals surface area contributed by atoms with Gasteiger partial charge in [-0.25, -0.2) is 4.98 Å². The second-order valence-electron chi connectivity index (χ2n) is 6.66. The maximum Gasteiger partial charge on any atom is 0.263 e. The molecule has 1 amide bonds. The molecular weight excluding hydrogens is 404 g/mol. The lowest BCUT2D eigenvalue weighted by atomic mass is 10.2. The van der Waals surface area contributed by atoms with E-state index in [1.54, 1.807) is 46.2 Å². The second-order valence-corrected chi connectivity index (χ2v) is 8.69. The van der Waals surface area contributed by atoms with Gasteiger partial charge in [0.1, 0.15) is 4.83 Å². The van der Waals surface area contributed by atoms with Crippen molar-refractivity contribution < 1.29 is 4.79 Å². The monoisotopic (exact) mass is 422 g/mol. The number of thiophene rings is 1. The highest BCUT2D eigenvalue weighted by Gasteiger charge is 2.23. The summed E-state index contributed by atoms with van der Waals surface area (Å²) in [5.41, 5.74) is 2.25. The topological polar surface area (TPSA) is 87.8 Å². The molecule has 0 saturated heterocycles. The third kappa shape index (κ3) is 3.84. The maximum atomic E-state index is 13.1. The van der Waals surface area contributed by atoms with Crippen molar-refractivity contribution in [1.82, 2.24) is 9.55 Å². The number of nitrogens with zero attached hydrogens (tertiary/aromatic N) is 3. The SMILES string of the molecule is C=CCn1c(SCC(=O)Nc2ccc(C#N)cc2)nc2sc3c(c2c1=O)CCC3. The highest BCUT2D eigenvalue weighted by atomic mass is 32.2. The quantitative estimate of drug-likeness (QED) is 0.371. The smallest absolute Gasteiger partial charge is 0.263 e. The van der Waals surface area contributed by atoms with Crippen LogP contribution in [0.2, 0.25) is 0 Å². The highest BCUT2D eigenvalue weighted by molar-refractivity contribution is 7.99. The molecule has 29 heavy (non-hydrogen) atoms. The van der Waals surface area contributed by atoms with Gasteiger partial charge >= 0.3 is 0 Å². The number of anilines is 1. The summed E-state index contributed by atoms with van der Waals surface area (Å²) in [6.07, 6.45) is 4.69. The molecule has 1 aromatic carbocycles. The van der Waals surface area contributed by atoms with Crippen molar-refractivity contribution in [2.75, 3.05) is 11.1 Å². The molecule has 0 atom stereocenters. The van der Waals surface area contributed by atoms with Gasteiger partial charge in [-0.3, -0.25) is 14.2 Å². The predicted molar refractivity (Wildman–Crippen MR) is 117 cm³/mol. The molecule has 0 bridgehead atoms. The van der Waals surface area contributed by atoms with Crippen LogP contribution in [0.4, 0.5) is 5.69 Å². The lowest BCUT2D eigenvalue weighted by molar-refractivity contribution is -0.113. The van der Waals surface area contributed by atoms with Crippen molar-refractivity contribution in [3.05, 3.63) is 63.3 Å². The number of hydrogen-bond donors (Lipinski definition) is 1. The van der Waals surface area contributed by atoms with Crippen LogP contribution in [0, 0.1) is 11.3 Å². The number of nitrogens with one attached hydrogen (secondary N) is 1. The maximum absolute atomic E-state index is 13.1. The van der Waals surface area contributed by atoms with Gasteiger partial charge in [0.2, 0.25) is 5.91 Å². The number of allylic oxidation sites excluding steroid dienone is 1. The van der Waals surface area contributed by atoms with E-state index in [1.807, 2.05) is 6.07 Å². The number of carbonyl (C=O) groups is 1. The highest BCUT2D eigenvalue weighted by Crippen LogP contribution is 2.35. The molecule has 1 aliphatic rings. The minimum atomic E-state index is -0.201. The van der Waals surface area contributed by atoms with Crippen molar-refractivity contribution in [2.45, 2.75) is 31.0 Å². The van der Waals surface area contributed by atoms with Crippen LogP contribution in [0.5, 0.6) is 0 Å². The summed E-state index contributed by atoms with van der Waals surface area (Å²) >= 11 is 2.83. The van der Waals surface area contributed by atoms with Gasteiger partial charge in [-0.15, -0.1) is 17.9 Å². The Morgan fingerprint density at radius 3 is 2.90 bits per heavy atom. The van der Waals surface area contributed by atoms with Crippen molar-refractivity contribution in [3.63, 3.8) is 0 Å². The Kier molecular flexibility index (Phi) is 5.51. The van der Waals surface area contributed by atoms with Gasteiger partial charge in [0.25, 0.3) is 5.56 Å². The number of carbonyl (C=O) groups excluding carboxylic acids is 1. The number of aromatic nitrogens is 2. The van der Waals surface area contributed by atoms with Gasteiger partial charge in [0.15, 0.2) is 5.16 Å². The van der Waals surface area contributed by atoms with E-state index in [9.17, 15) is 9.59 Å². The normalized spacial score (nSPS) is 12.5. The molecule has 0 fully saturated rings. The van der Waals surface area contributed by atoms with Gasteiger partial charge < -0.3 is 5.32 Å². The summed E-state index contributed by atoms with van der Waals surface area (Å²) in [5.74, 6) is -0.0759. The second kappa shape index (κ2) is 8.23. The molecule has 0 unspecified atom stereocenters. The zero-order valence-corrected chi connectivity index (χ0v) is 17.2. The molecule has 0 saturated carbocycles. The number of hydrogen-bond acceptors (Lipinski definition) is 6. The minimum absolute atomic E-state index is 0.0516. The predicted octanol–water partition coefficient (Wildman–Crippen LogP) is 3.74. The third-order valence-electron chi connectivity index (χ3n) is 4.73. The number of benzene rings is 1. The van der Waals surface area contributed by atoms with E-state index in [2.05, 4.69) is 11.9 Å². The van der Waals surface area contributed by atoms with Gasteiger partial charge in [0.05, 0.1) is 22.8 Å². The Morgan fingerprint density at radius 1 is 1.38 bits per heavy atom. The van der Waals surface area contributed by atoms with E-state index in [0.29, 0.717) is 23.0 Å². The Labute approximate surface area is 175 Å². The van der Waals surface area contributed by atoms with Crippen molar-refractivity contribution in [3.8, 4) is 6.07 Å². The first kappa shape index (κ1) is 19.4. The van der Waals surface area contributed by atoms with Gasteiger partial charge in [-0.05, 0) is 49.1 Å². The molecule has 0 spiro atoms.